The number of carbonyl (C=O) groups excluding carboxylic acids is 2. The normalized spacial score (nSPS) is 23.8. The SMILES string of the molecule is CCOC(=O)[C@@]1(C#N)[C@H](C(=O)c2ccc(Cl)cc2)[C@H]1c1ccc(Cl)cc1. The quantitative estimate of drug-likeness (QED) is 0.552. The fraction of sp³-hybridized carbons (Fsp3) is 0.250. The van der Waals surface area contributed by atoms with Crippen molar-refractivity contribution >= 4 is 35.0 Å². The molecule has 1 fully saturated rings. The average molecular weight is 388 g/mol. The van der Waals surface area contributed by atoms with Gasteiger partial charge in [0.05, 0.1) is 18.6 Å². The van der Waals surface area contributed by atoms with Crippen LogP contribution in [-0.2, 0) is 9.53 Å². The number of nitriles is 1. The van der Waals surface area contributed by atoms with E-state index >= 15 is 0 Å². The molecule has 3 atom stereocenters. The van der Waals surface area contributed by atoms with E-state index < -0.39 is 23.2 Å². The summed E-state index contributed by atoms with van der Waals surface area (Å²) in [4.78, 5) is 25.6. The van der Waals surface area contributed by atoms with Crippen LogP contribution in [0.3, 0.4) is 0 Å². The lowest BCUT2D eigenvalue weighted by molar-refractivity contribution is -0.147. The van der Waals surface area contributed by atoms with Gasteiger partial charge in [-0.05, 0) is 48.9 Å². The fourth-order valence-corrected chi connectivity index (χ4v) is 3.61. The van der Waals surface area contributed by atoms with Gasteiger partial charge in [-0.1, -0.05) is 35.3 Å². The number of ketones is 1. The van der Waals surface area contributed by atoms with Crippen molar-refractivity contribution in [2.45, 2.75) is 12.8 Å². The van der Waals surface area contributed by atoms with Gasteiger partial charge in [-0.2, -0.15) is 5.26 Å². The first kappa shape index (κ1) is 18.4. The van der Waals surface area contributed by atoms with Crippen molar-refractivity contribution in [1.82, 2.24) is 0 Å². The summed E-state index contributed by atoms with van der Waals surface area (Å²) in [7, 11) is 0. The van der Waals surface area contributed by atoms with Gasteiger partial charge in [-0.25, -0.2) is 0 Å². The highest BCUT2D eigenvalue weighted by Crippen LogP contribution is 2.66. The predicted octanol–water partition coefficient (Wildman–Crippen LogP) is 4.66. The van der Waals surface area contributed by atoms with Crippen molar-refractivity contribution in [2.24, 2.45) is 11.3 Å². The van der Waals surface area contributed by atoms with Gasteiger partial charge in [0.1, 0.15) is 0 Å². The third-order valence-electron chi connectivity index (χ3n) is 4.64. The number of nitrogens with zero attached hydrogens (tertiary/aromatic N) is 1. The molecule has 0 heterocycles. The Morgan fingerprint density at radius 2 is 1.62 bits per heavy atom. The zero-order valence-electron chi connectivity index (χ0n) is 13.9. The Morgan fingerprint density at radius 3 is 2.12 bits per heavy atom. The smallest absolute Gasteiger partial charge is 0.327 e. The summed E-state index contributed by atoms with van der Waals surface area (Å²) in [5.41, 5.74) is -0.420. The second kappa shape index (κ2) is 7.11. The summed E-state index contributed by atoms with van der Waals surface area (Å²) in [6.45, 7) is 1.80. The minimum Gasteiger partial charge on any atom is -0.465 e. The van der Waals surface area contributed by atoms with Crippen LogP contribution in [0.5, 0.6) is 0 Å². The molecule has 26 heavy (non-hydrogen) atoms. The summed E-state index contributed by atoms with van der Waals surface area (Å²) in [6, 6.07) is 15.3. The van der Waals surface area contributed by atoms with Crippen molar-refractivity contribution in [3.05, 3.63) is 69.7 Å². The summed E-state index contributed by atoms with van der Waals surface area (Å²) in [6.07, 6.45) is 0. The van der Waals surface area contributed by atoms with Crippen LogP contribution in [0, 0.1) is 22.7 Å². The number of hydrogen-bond donors (Lipinski definition) is 0. The largest absolute Gasteiger partial charge is 0.465 e. The van der Waals surface area contributed by atoms with Crippen molar-refractivity contribution in [2.75, 3.05) is 6.61 Å². The molecule has 2 aromatic rings. The Balaban J connectivity index is 2.03. The Bertz CT molecular complexity index is 887. The average Bonchev–Trinajstić information content (AvgIpc) is 3.33. The first-order valence-corrected chi connectivity index (χ1v) is 8.85. The van der Waals surface area contributed by atoms with Crippen LogP contribution >= 0.6 is 23.2 Å². The molecular formula is C20H15Cl2NO3. The number of ether oxygens (including phenoxy) is 1. The van der Waals surface area contributed by atoms with E-state index in [9.17, 15) is 14.9 Å². The fourth-order valence-electron chi connectivity index (χ4n) is 3.35. The first-order chi connectivity index (χ1) is 12.5. The van der Waals surface area contributed by atoms with Gasteiger partial charge in [-0.15, -0.1) is 0 Å². The number of rotatable bonds is 5. The zero-order chi connectivity index (χ0) is 18.9. The molecule has 0 amide bonds. The molecule has 132 valence electrons. The van der Waals surface area contributed by atoms with Crippen molar-refractivity contribution < 1.29 is 14.3 Å². The van der Waals surface area contributed by atoms with E-state index in [0.717, 1.165) is 0 Å². The Kier molecular flexibility index (Phi) is 5.04. The summed E-state index contributed by atoms with van der Waals surface area (Å²) in [5.74, 6) is -2.34. The van der Waals surface area contributed by atoms with Gasteiger partial charge in [0.2, 0.25) is 0 Å². The molecule has 0 saturated heterocycles. The van der Waals surface area contributed by atoms with E-state index in [1.165, 1.54) is 0 Å². The third-order valence-corrected chi connectivity index (χ3v) is 5.15. The first-order valence-electron chi connectivity index (χ1n) is 8.09. The van der Waals surface area contributed by atoms with Crippen LogP contribution in [-0.4, -0.2) is 18.4 Å². The van der Waals surface area contributed by atoms with E-state index in [-0.39, 0.29) is 12.4 Å². The highest BCUT2D eigenvalue weighted by Gasteiger charge is 2.75. The summed E-state index contributed by atoms with van der Waals surface area (Å²) in [5, 5.41) is 10.8. The molecule has 0 radical (unpaired) electrons. The highest BCUT2D eigenvalue weighted by atomic mass is 35.5. The minimum atomic E-state index is -1.53. The van der Waals surface area contributed by atoms with Crippen LogP contribution in [0.1, 0.15) is 28.8 Å². The van der Waals surface area contributed by atoms with Crippen molar-refractivity contribution in [3.8, 4) is 6.07 Å². The molecular weight excluding hydrogens is 373 g/mol. The maximum atomic E-state index is 13.0. The molecule has 0 aliphatic heterocycles. The van der Waals surface area contributed by atoms with Gasteiger partial charge in [0, 0.05) is 21.5 Å². The number of carbonyl (C=O) groups is 2. The Morgan fingerprint density at radius 1 is 1.08 bits per heavy atom. The Hall–Kier alpha value is -2.35. The molecule has 0 spiro atoms. The number of hydrogen-bond acceptors (Lipinski definition) is 4. The van der Waals surface area contributed by atoms with Crippen LogP contribution < -0.4 is 0 Å². The molecule has 1 aliphatic rings. The minimum absolute atomic E-state index is 0.136. The van der Waals surface area contributed by atoms with Gasteiger partial charge in [0.25, 0.3) is 0 Å². The molecule has 0 N–H and O–H groups in total. The number of halogens is 2. The standard InChI is InChI=1S/C20H15Cl2NO3/c1-2-26-19(25)20(11-23)16(12-3-7-14(21)8-4-12)17(20)18(24)13-5-9-15(22)10-6-13/h3-10,16-17H,2H2,1H3/t16-,17+,20-/m1/s1. The summed E-state index contributed by atoms with van der Waals surface area (Å²) >= 11 is 11.8. The maximum absolute atomic E-state index is 13.0. The second-order valence-corrected chi connectivity index (χ2v) is 6.95. The Labute approximate surface area is 161 Å². The zero-order valence-corrected chi connectivity index (χ0v) is 15.4. The van der Waals surface area contributed by atoms with E-state index in [1.54, 1.807) is 55.5 Å². The lowest BCUT2D eigenvalue weighted by Gasteiger charge is -2.08. The molecule has 0 unspecified atom stereocenters. The second-order valence-electron chi connectivity index (χ2n) is 6.08. The van der Waals surface area contributed by atoms with E-state index in [4.69, 9.17) is 27.9 Å². The monoisotopic (exact) mass is 387 g/mol. The van der Waals surface area contributed by atoms with Crippen LogP contribution in [0.2, 0.25) is 10.0 Å². The lowest BCUT2D eigenvalue weighted by Crippen LogP contribution is -2.23. The topological polar surface area (TPSA) is 67.2 Å². The highest BCUT2D eigenvalue weighted by molar-refractivity contribution is 6.31. The molecule has 0 bridgehead atoms. The molecule has 1 saturated carbocycles. The number of Topliss-reactive ketones (excluding diaryl/α,β-unsaturated/α-hetero) is 1. The van der Waals surface area contributed by atoms with Crippen LogP contribution in [0.4, 0.5) is 0 Å². The molecule has 2 aromatic carbocycles. The molecule has 1 aliphatic carbocycles. The molecule has 0 aromatic heterocycles. The maximum Gasteiger partial charge on any atom is 0.327 e. The van der Waals surface area contributed by atoms with Gasteiger partial charge in [0.15, 0.2) is 11.2 Å². The number of esters is 1. The van der Waals surface area contributed by atoms with Gasteiger partial charge < -0.3 is 4.74 Å². The third kappa shape index (κ3) is 2.98. The van der Waals surface area contributed by atoms with Gasteiger partial charge in [-0.3, -0.25) is 9.59 Å². The molecule has 3 rings (SSSR count). The van der Waals surface area contributed by atoms with E-state index in [0.29, 0.717) is 21.2 Å². The number of benzene rings is 2. The van der Waals surface area contributed by atoms with E-state index in [2.05, 4.69) is 6.07 Å². The van der Waals surface area contributed by atoms with Gasteiger partial charge >= 0.3 is 5.97 Å². The van der Waals surface area contributed by atoms with E-state index in [1.807, 2.05) is 0 Å². The van der Waals surface area contributed by atoms with Crippen LogP contribution in [0.15, 0.2) is 48.5 Å². The van der Waals surface area contributed by atoms with Crippen LogP contribution in [0.25, 0.3) is 0 Å². The predicted molar refractivity (Wildman–Crippen MR) is 98.1 cm³/mol. The lowest BCUT2D eigenvalue weighted by atomic mass is 9.99. The molecule has 4 nitrogen and oxygen atoms in total. The van der Waals surface area contributed by atoms with Crippen molar-refractivity contribution in [3.63, 3.8) is 0 Å². The molecule has 6 heteroatoms. The summed E-state index contributed by atoms with van der Waals surface area (Å²) < 4.78 is 5.11. The van der Waals surface area contributed by atoms with Crippen molar-refractivity contribution in [1.29, 1.82) is 5.26 Å².